The van der Waals surface area contributed by atoms with Gasteiger partial charge in [0.05, 0.1) is 0 Å². The van der Waals surface area contributed by atoms with E-state index in [1.807, 2.05) is 6.07 Å². The van der Waals surface area contributed by atoms with Crippen LogP contribution in [0.3, 0.4) is 0 Å². The van der Waals surface area contributed by atoms with E-state index in [1.165, 1.54) is 10.4 Å². The highest BCUT2D eigenvalue weighted by Gasteiger charge is 2.12. The summed E-state index contributed by atoms with van der Waals surface area (Å²) in [5.41, 5.74) is 8.43. The first-order valence-corrected chi connectivity index (χ1v) is 8.47. The average molecular weight is 354 g/mol. The van der Waals surface area contributed by atoms with Gasteiger partial charge in [0, 0.05) is 15.4 Å². The summed E-state index contributed by atoms with van der Waals surface area (Å²) in [5, 5.41) is 2.07. The summed E-state index contributed by atoms with van der Waals surface area (Å²) in [4.78, 5) is 1.23. The number of aryl methyl sites for hydroxylation is 1. The van der Waals surface area contributed by atoms with E-state index in [2.05, 4.69) is 53.4 Å². The molecule has 1 atom stereocenters. The molecule has 2 rings (SSSR count). The Morgan fingerprint density at radius 2 is 2.20 bits per heavy atom. The summed E-state index contributed by atoms with van der Waals surface area (Å²) in [6.07, 6.45) is 1.81. The first kappa shape index (κ1) is 15.5. The lowest BCUT2D eigenvalue weighted by molar-refractivity contribution is 0.303. The topological polar surface area (TPSA) is 35.2 Å². The Hall–Kier alpha value is -0.840. The van der Waals surface area contributed by atoms with E-state index in [-0.39, 0.29) is 6.04 Å². The van der Waals surface area contributed by atoms with Gasteiger partial charge in [0.25, 0.3) is 0 Å². The number of hydrogen-bond donors (Lipinski definition) is 1. The molecule has 1 heterocycles. The van der Waals surface area contributed by atoms with Crippen molar-refractivity contribution < 1.29 is 4.74 Å². The summed E-state index contributed by atoms with van der Waals surface area (Å²) in [5.74, 6) is 0.977. The molecule has 0 spiro atoms. The van der Waals surface area contributed by atoms with Gasteiger partial charge in [-0.15, -0.1) is 11.3 Å². The fourth-order valence-corrected chi connectivity index (χ4v) is 3.36. The summed E-state index contributed by atoms with van der Waals surface area (Å²) in [6.45, 7) is 4.81. The molecule has 1 aromatic heterocycles. The van der Waals surface area contributed by atoms with Crippen molar-refractivity contribution in [3.63, 3.8) is 0 Å². The van der Waals surface area contributed by atoms with Crippen LogP contribution in [0, 0.1) is 6.92 Å². The molecule has 20 heavy (non-hydrogen) atoms. The smallest absolute Gasteiger partial charge is 0.126 e. The van der Waals surface area contributed by atoms with Crippen molar-refractivity contribution in [1.29, 1.82) is 0 Å². The summed E-state index contributed by atoms with van der Waals surface area (Å²) in [6, 6.07) is 8.52. The van der Waals surface area contributed by atoms with E-state index < -0.39 is 0 Å². The van der Waals surface area contributed by atoms with Crippen molar-refractivity contribution in [3.05, 3.63) is 50.1 Å². The minimum absolute atomic E-state index is 0.174. The quantitative estimate of drug-likeness (QED) is 0.818. The first-order valence-electron chi connectivity index (χ1n) is 6.80. The molecule has 0 amide bonds. The zero-order valence-electron chi connectivity index (χ0n) is 11.9. The fraction of sp³-hybridized carbons (Fsp3) is 0.375. The number of halogens is 1. The van der Waals surface area contributed by atoms with Crippen LogP contribution >= 0.6 is 27.3 Å². The first-order chi connectivity index (χ1) is 9.60. The molecule has 0 saturated heterocycles. The van der Waals surface area contributed by atoms with E-state index in [9.17, 15) is 0 Å². The van der Waals surface area contributed by atoms with Crippen molar-refractivity contribution in [2.75, 3.05) is 0 Å². The van der Waals surface area contributed by atoms with E-state index in [1.54, 1.807) is 11.3 Å². The van der Waals surface area contributed by atoms with Gasteiger partial charge in [0.2, 0.25) is 0 Å². The van der Waals surface area contributed by atoms with Crippen LogP contribution in [0.2, 0.25) is 0 Å². The van der Waals surface area contributed by atoms with Gasteiger partial charge in [-0.3, -0.25) is 0 Å². The molecule has 2 nitrogen and oxygen atoms in total. The minimum atomic E-state index is 0.174. The van der Waals surface area contributed by atoms with Gasteiger partial charge >= 0.3 is 0 Å². The zero-order chi connectivity index (χ0) is 14.5. The van der Waals surface area contributed by atoms with Crippen molar-refractivity contribution in [3.8, 4) is 5.75 Å². The summed E-state index contributed by atoms with van der Waals surface area (Å²) >= 11 is 5.27. The van der Waals surface area contributed by atoms with E-state index in [4.69, 9.17) is 10.5 Å². The second-order valence-electron chi connectivity index (χ2n) is 4.95. The molecule has 4 heteroatoms. The molecule has 2 N–H and O–H groups in total. The molecule has 0 aliphatic heterocycles. The van der Waals surface area contributed by atoms with E-state index >= 15 is 0 Å². The lowest BCUT2D eigenvalue weighted by Crippen LogP contribution is -2.22. The molecular formula is C16H20BrNOS. The summed E-state index contributed by atoms with van der Waals surface area (Å²) in [7, 11) is 0. The fourth-order valence-electron chi connectivity index (χ4n) is 2.12. The lowest BCUT2D eigenvalue weighted by atomic mass is 10.0. The van der Waals surface area contributed by atoms with Crippen LogP contribution < -0.4 is 10.5 Å². The molecule has 0 saturated carbocycles. The Morgan fingerprint density at radius 1 is 1.40 bits per heavy atom. The predicted octanol–water partition coefficient (Wildman–Crippen LogP) is 4.68. The molecule has 0 radical (unpaired) electrons. The van der Waals surface area contributed by atoms with Gasteiger partial charge in [-0.2, -0.15) is 0 Å². The van der Waals surface area contributed by atoms with Crippen molar-refractivity contribution >= 4 is 27.3 Å². The Morgan fingerprint density at radius 3 is 2.85 bits per heavy atom. The predicted molar refractivity (Wildman–Crippen MR) is 89.5 cm³/mol. The molecule has 0 bridgehead atoms. The molecule has 108 valence electrons. The molecule has 1 aromatic carbocycles. The summed E-state index contributed by atoms with van der Waals surface area (Å²) < 4.78 is 7.13. The average Bonchev–Trinajstić information content (AvgIpc) is 2.90. The lowest BCUT2D eigenvalue weighted by Gasteiger charge is -2.17. The second kappa shape index (κ2) is 7.25. The molecule has 0 aliphatic rings. The van der Waals surface area contributed by atoms with E-state index in [0.717, 1.165) is 28.6 Å². The van der Waals surface area contributed by atoms with Gasteiger partial charge in [-0.1, -0.05) is 28.9 Å². The largest absolute Gasteiger partial charge is 0.488 e. The maximum atomic E-state index is 6.10. The molecule has 0 aliphatic carbocycles. The highest BCUT2D eigenvalue weighted by Crippen LogP contribution is 2.30. The number of ether oxygens (including phenoxy) is 1. The van der Waals surface area contributed by atoms with Gasteiger partial charge < -0.3 is 10.5 Å². The normalized spacial score (nSPS) is 12.4. The highest BCUT2D eigenvalue weighted by atomic mass is 79.9. The van der Waals surface area contributed by atoms with Gasteiger partial charge in [0.15, 0.2) is 0 Å². The Bertz CT molecular complexity index is 554. The van der Waals surface area contributed by atoms with Crippen molar-refractivity contribution in [1.82, 2.24) is 0 Å². The maximum Gasteiger partial charge on any atom is 0.126 e. The highest BCUT2D eigenvalue weighted by molar-refractivity contribution is 9.10. The van der Waals surface area contributed by atoms with Crippen LogP contribution in [-0.4, -0.2) is 6.04 Å². The van der Waals surface area contributed by atoms with Gasteiger partial charge in [-0.05, 0) is 54.5 Å². The number of hydrogen-bond acceptors (Lipinski definition) is 3. The Labute approximate surface area is 133 Å². The number of benzene rings is 1. The number of rotatable bonds is 6. The van der Waals surface area contributed by atoms with Crippen LogP contribution in [0.25, 0.3) is 0 Å². The second-order valence-corrected chi connectivity index (χ2v) is 6.90. The SMILES string of the molecule is CCC(N)Cc1cc(Br)cc(C)c1OCc1cccs1. The van der Waals surface area contributed by atoms with Crippen LogP contribution in [-0.2, 0) is 13.0 Å². The van der Waals surface area contributed by atoms with Crippen LogP contribution in [0.4, 0.5) is 0 Å². The van der Waals surface area contributed by atoms with Gasteiger partial charge in [0.1, 0.15) is 12.4 Å². The molecule has 1 unspecified atom stereocenters. The Kier molecular flexibility index (Phi) is 5.64. The van der Waals surface area contributed by atoms with Crippen LogP contribution in [0.1, 0.15) is 29.3 Å². The zero-order valence-corrected chi connectivity index (χ0v) is 14.3. The number of nitrogens with two attached hydrogens (primary N) is 1. The molecular weight excluding hydrogens is 334 g/mol. The van der Waals surface area contributed by atoms with Crippen molar-refractivity contribution in [2.45, 2.75) is 39.3 Å². The minimum Gasteiger partial charge on any atom is -0.488 e. The third kappa shape index (κ3) is 4.08. The van der Waals surface area contributed by atoms with E-state index in [0.29, 0.717) is 6.61 Å². The standard InChI is InChI=1S/C16H20BrNOS/c1-3-14(18)9-12-8-13(17)7-11(2)16(12)19-10-15-5-4-6-20-15/h4-8,14H,3,9-10,18H2,1-2H3. The van der Waals surface area contributed by atoms with Gasteiger partial charge in [-0.25, -0.2) is 0 Å². The molecule has 0 fully saturated rings. The van der Waals surface area contributed by atoms with Crippen molar-refractivity contribution in [2.24, 2.45) is 5.73 Å². The van der Waals surface area contributed by atoms with Crippen LogP contribution in [0.15, 0.2) is 34.1 Å². The maximum absolute atomic E-state index is 6.10. The number of thiophene rings is 1. The molecule has 2 aromatic rings. The van der Waals surface area contributed by atoms with Crippen LogP contribution in [0.5, 0.6) is 5.75 Å². The third-order valence-corrected chi connectivity index (χ3v) is 4.57. The third-order valence-electron chi connectivity index (χ3n) is 3.26. The monoisotopic (exact) mass is 353 g/mol. The Balaban J connectivity index is 2.20.